The number of H-pyrrole nitrogens is 1. The number of aliphatic hydroxyl groups is 1. The van der Waals surface area contributed by atoms with Gasteiger partial charge in [-0.3, -0.25) is 9.89 Å². The number of carbonyl (C=O) groups excluding carboxylic acids is 2. The molecule has 2 heterocycles. The molecule has 1 unspecified atom stereocenters. The summed E-state index contributed by atoms with van der Waals surface area (Å²) >= 11 is 0. The zero-order chi connectivity index (χ0) is 13.1. The molecule has 1 aromatic heterocycles. The normalized spacial score (nSPS) is 19.3. The third-order valence-corrected chi connectivity index (χ3v) is 2.85. The molecule has 1 aliphatic heterocycles. The zero-order valence-corrected chi connectivity index (χ0v) is 10.0. The number of aliphatic hydroxyl groups excluding tert-OH is 1. The monoisotopic (exact) mass is 253 g/mol. The average molecular weight is 253 g/mol. The van der Waals surface area contributed by atoms with E-state index in [9.17, 15) is 9.59 Å². The number of hydrogen-bond acceptors (Lipinski definition) is 5. The van der Waals surface area contributed by atoms with Gasteiger partial charge < -0.3 is 14.7 Å². The van der Waals surface area contributed by atoms with Gasteiger partial charge in [0.25, 0.3) is 0 Å². The minimum atomic E-state index is -0.537. The number of rotatable bonds is 4. The van der Waals surface area contributed by atoms with Crippen LogP contribution >= 0.6 is 0 Å². The Bertz CT molecular complexity index is 457. The Morgan fingerprint density at radius 1 is 1.72 bits per heavy atom. The van der Waals surface area contributed by atoms with Crippen molar-refractivity contribution in [1.29, 1.82) is 0 Å². The molecule has 1 amide bonds. The highest BCUT2D eigenvalue weighted by Crippen LogP contribution is 2.27. The van der Waals surface area contributed by atoms with Crippen molar-refractivity contribution in [3.8, 4) is 0 Å². The van der Waals surface area contributed by atoms with Crippen LogP contribution in [0.1, 0.15) is 23.8 Å². The summed E-state index contributed by atoms with van der Waals surface area (Å²) in [5.74, 6) is -0.756. The summed E-state index contributed by atoms with van der Waals surface area (Å²) in [6.45, 7) is 2.30. The fourth-order valence-corrected chi connectivity index (χ4v) is 1.97. The molecule has 0 spiro atoms. The van der Waals surface area contributed by atoms with E-state index in [2.05, 4.69) is 10.2 Å². The minimum absolute atomic E-state index is 0.0468. The summed E-state index contributed by atoms with van der Waals surface area (Å²) in [6.07, 6.45) is 1.70. The van der Waals surface area contributed by atoms with Crippen LogP contribution in [0.25, 0.3) is 0 Å². The van der Waals surface area contributed by atoms with Gasteiger partial charge in [-0.2, -0.15) is 5.10 Å². The first-order chi connectivity index (χ1) is 8.67. The maximum Gasteiger partial charge on any atom is 0.358 e. The van der Waals surface area contributed by atoms with Crippen molar-refractivity contribution in [3.63, 3.8) is 0 Å². The summed E-state index contributed by atoms with van der Waals surface area (Å²) in [4.78, 5) is 24.9. The van der Waals surface area contributed by atoms with Gasteiger partial charge in [0.2, 0.25) is 5.91 Å². The average Bonchev–Trinajstić information content (AvgIpc) is 2.94. The van der Waals surface area contributed by atoms with E-state index < -0.39 is 5.97 Å². The number of esters is 1. The molecule has 7 nitrogen and oxygen atoms in total. The Hall–Kier alpha value is -1.89. The Morgan fingerprint density at radius 3 is 3.11 bits per heavy atom. The second-order valence-electron chi connectivity index (χ2n) is 4.11. The third-order valence-electron chi connectivity index (χ3n) is 2.85. The number of ether oxygens (including phenoxy) is 1. The van der Waals surface area contributed by atoms with Crippen LogP contribution in [0.4, 0.5) is 5.69 Å². The van der Waals surface area contributed by atoms with Crippen molar-refractivity contribution in [3.05, 3.63) is 11.9 Å². The molecule has 1 saturated heterocycles. The molecule has 7 heteroatoms. The third kappa shape index (κ3) is 2.21. The first kappa shape index (κ1) is 12.6. The standard InChI is InChI=1S/C11H15N3O4/c1-2-18-11(17)10-8(4-12-13-10)14-5-7(6-15)3-9(14)16/h4,7,15H,2-3,5-6H2,1H3,(H,12,13). The van der Waals surface area contributed by atoms with E-state index in [1.165, 1.54) is 11.1 Å². The molecule has 2 N–H and O–H groups in total. The molecule has 1 atom stereocenters. The minimum Gasteiger partial charge on any atom is -0.461 e. The van der Waals surface area contributed by atoms with Gasteiger partial charge in [0, 0.05) is 25.5 Å². The molecule has 0 aromatic carbocycles. The van der Waals surface area contributed by atoms with Crippen LogP contribution in [0.15, 0.2) is 6.20 Å². The lowest BCUT2D eigenvalue weighted by Crippen LogP contribution is -2.26. The lowest BCUT2D eigenvalue weighted by Gasteiger charge is -2.15. The summed E-state index contributed by atoms with van der Waals surface area (Å²) < 4.78 is 4.88. The van der Waals surface area contributed by atoms with E-state index in [1.54, 1.807) is 6.92 Å². The molecule has 1 aromatic rings. The largest absolute Gasteiger partial charge is 0.461 e. The number of nitrogens with zero attached hydrogens (tertiary/aromatic N) is 2. The zero-order valence-electron chi connectivity index (χ0n) is 10.0. The van der Waals surface area contributed by atoms with Crippen LogP contribution in [-0.4, -0.2) is 46.9 Å². The predicted octanol–water partition coefficient (Wildman–Crippen LogP) is -0.0684. The van der Waals surface area contributed by atoms with Gasteiger partial charge in [0.15, 0.2) is 5.69 Å². The fourth-order valence-electron chi connectivity index (χ4n) is 1.97. The highest BCUT2D eigenvalue weighted by Gasteiger charge is 2.33. The maximum absolute atomic E-state index is 11.8. The SMILES string of the molecule is CCOC(=O)c1[nH]ncc1N1CC(CO)CC1=O. The lowest BCUT2D eigenvalue weighted by molar-refractivity contribution is -0.117. The highest BCUT2D eigenvalue weighted by atomic mass is 16.5. The van der Waals surface area contributed by atoms with Gasteiger partial charge in [-0.1, -0.05) is 0 Å². The van der Waals surface area contributed by atoms with Crippen LogP contribution in [0.2, 0.25) is 0 Å². The van der Waals surface area contributed by atoms with Gasteiger partial charge in [-0.15, -0.1) is 0 Å². The first-order valence-electron chi connectivity index (χ1n) is 5.79. The second-order valence-corrected chi connectivity index (χ2v) is 4.11. The van der Waals surface area contributed by atoms with Crippen molar-refractivity contribution in [2.75, 3.05) is 24.7 Å². The van der Waals surface area contributed by atoms with Crippen molar-refractivity contribution >= 4 is 17.6 Å². The number of carbonyl (C=O) groups is 2. The lowest BCUT2D eigenvalue weighted by atomic mass is 10.1. The van der Waals surface area contributed by atoms with Gasteiger partial charge in [-0.25, -0.2) is 4.79 Å². The van der Waals surface area contributed by atoms with E-state index >= 15 is 0 Å². The van der Waals surface area contributed by atoms with Crippen LogP contribution in [0, 0.1) is 5.92 Å². The smallest absolute Gasteiger partial charge is 0.358 e. The van der Waals surface area contributed by atoms with Crippen molar-refractivity contribution in [1.82, 2.24) is 10.2 Å². The van der Waals surface area contributed by atoms with Gasteiger partial charge in [-0.05, 0) is 6.92 Å². The quantitative estimate of drug-likeness (QED) is 0.732. The fraction of sp³-hybridized carbons (Fsp3) is 0.545. The van der Waals surface area contributed by atoms with Crippen LogP contribution in [0.3, 0.4) is 0 Å². The molecule has 0 aliphatic carbocycles. The Kier molecular flexibility index (Phi) is 3.61. The Balaban J connectivity index is 2.21. The molecular weight excluding hydrogens is 238 g/mol. The van der Waals surface area contributed by atoms with E-state index in [1.807, 2.05) is 0 Å². The number of nitrogens with one attached hydrogen (secondary N) is 1. The number of hydrogen-bond donors (Lipinski definition) is 2. The van der Waals surface area contributed by atoms with Crippen LogP contribution < -0.4 is 4.90 Å². The number of anilines is 1. The van der Waals surface area contributed by atoms with Crippen molar-refractivity contribution < 1.29 is 19.4 Å². The molecule has 0 bridgehead atoms. The van der Waals surface area contributed by atoms with Crippen LogP contribution in [0.5, 0.6) is 0 Å². The molecule has 1 fully saturated rings. The van der Waals surface area contributed by atoms with Crippen LogP contribution in [-0.2, 0) is 9.53 Å². The number of aromatic amines is 1. The molecule has 0 saturated carbocycles. The second kappa shape index (κ2) is 5.18. The van der Waals surface area contributed by atoms with Crippen molar-refractivity contribution in [2.45, 2.75) is 13.3 Å². The van der Waals surface area contributed by atoms with E-state index in [0.29, 0.717) is 12.2 Å². The summed E-state index contributed by atoms with van der Waals surface area (Å²) in [5, 5.41) is 15.4. The predicted molar refractivity (Wildman–Crippen MR) is 62.1 cm³/mol. The van der Waals surface area contributed by atoms with E-state index in [0.717, 1.165) is 0 Å². The maximum atomic E-state index is 11.8. The molecule has 98 valence electrons. The Morgan fingerprint density at radius 2 is 2.50 bits per heavy atom. The van der Waals surface area contributed by atoms with E-state index in [-0.39, 0.29) is 37.2 Å². The number of amides is 1. The first-order valence-corrected chi connectivity index (χ1v) is 5.79. The summed E-state index contributed by atoms with van der Waals surface area (Å²) in [7, 11) is 0. The van der Waals surface area contributed by atoms with Gasteiger partial charge in [0.05, 0.1) is 18.5 Å². The molecule has 0 radical (unpaired) electrons. The van der Waals surface area contributed by atoms with Crippen molar-refractivity contribution in [2.24, 2.45) is 5.92 Å². The summed E-state index contributed by atoms with van der Waals surface area (Å²) in [5.41, 5.74) is 0.582. The molecule has 1 aliphatic rings. The molecule has 18 heavy (non-hydrogen) atoms. The highest BCUT2D eigenvalue weighted by molar-refractivity contribution is 6.02. The Labute approximate surface area is 104 Å². The van der Waals surface area contributed by atoms with Gasteiger partial charge >= 0.3 is 5.97 Å². The van der Waals surface area contributed by atoms with Gasteiger partial charge in [0.1, 0.15) is 0 Å². The number of aromatic nitrogens is 2. The molecular formula is C11H15N3O4. The molecule has 2 rings (SSSR count). The van der Waals surface area contributed by atoms with E-state index in [4.69, 9.17) is 9.84 Å². The summed E-state index contributed by atoms with van der Waals surface area (Å²) in [6, 6.07) is 0. The topological polar surface area (TPSA) is 95.5 Å².